The van der Waals surface area contributed by atoms with Crippen molar-refractivity contribution in [2.45, 2.75) is 222 Å². The second kappa shape index (κ2) is 18.3. The number of hydrogen-bond acceptors (Lipinski definition) is 19. The molecule has 0 aromatic carbocycles. The Bertz CT molecular complexity index is 1830. The molecule has 0 spiro atoms. The van der Waals surface area contributed by atoms with Gasteiger partial charge in [-0.25, -0.2) is 0 Å². The Labute approximate surface area is 392 Å². The topological polar surface area (TPSA) is 304 Å². The van der Waals surface area contributed by atoms with Crippen molar-refractivity contribution in [3.63, 3.8) is 0 Å². The molecular formula is C48H78O19. The summed E-state index contributed by atoms with van der Waals surface area (Å²) in [5, 5.41) is 115. The van der Waals surface area contributed by atoms with Crippen LogP contribution >= 0.6 is 0 Å². The van der Waals surface area contributed by atoms with E-state index in [-0.39, 0.29) is 29.0 Å². The Kier molecular flexibility index (Phi) is 14.2. The first-order valence-corrected chi connectivity index (χ1v) is 24.4. The molecule has 3 saturated carbocycles. The standard InChI is InChI=1S/C48H78O19/c1-43(2)21-9-11-27-45(5)15-13-26(47(7)16-14-30(66-47)44(3,4)67-41-38(60)35(57)32(54)24(19-50)62-41)46(45,6)17-28(52)48(27,8)22(21)10-12-29(43)64-42-39(36(58)33(55)25(20-51)63-42)65-40-37(59)34(56)31(53)23(18-49)61-40/h9,22-27,29-42,49-51,53-60H,10-20H2,1-8H3/t22-,23-,24-,25-,26+,27+,29+,30+,31-,32-,33-,34+,35+,36+,37-,38-,39-,40+,41+,42+,45+,46-,47+,48+/m1/s1. The number of hydrogen-bond donors (Lipinski definition) is 11. The van der Waals surface area contributed by atoms with Crippen molar-refractivity contribution in [2.75, 3.05) is 19.8 Å². The highest BCUT2D eigenvalue weighted by Crippen LogP contribution is 2.75. The maximum atomic E-state index is 15.2. The smallest absolute Gasteiger partial charge is 0.187 e. The van der Waals surface area contributed by atoms with Crippen molar-refractivity contribution in [2.24, 2.45) is 39.4 Å². The van der Waals surface area contributed by atoms with E-state index < -0.39 is 152 Å². The number of ether oxygens (including phenoxy) is 7. The fourth-order valence-corrected chi connectivity index (χ4v) is 14.6. The molecule has 7 fully saturated rings. The lowest BCUT2D eigenvalue weighted by molar-refractivity contribution is -0.375. The van der Waals surface area contributed by atoms with Crippen LogP contribution in [0.15, 0.2) is 11.6 Å². The van der Waals surface area contributed by atoms with E-state index >= 15 is 4.79 Å². The van der Waals surface area contributed by atoms with Crippen LogP contribution in [-0.4, -0.2) is 197 Å². The minimum absolute atomic E-state index is 0.0185. The largest absolute Gasteiger partial charge is 0.394 e. The molecule has 0 aromatic heterocycles. The molecule has 0 aromatic rings. The normalized spacial score (nSPS) is 53.4. The molecule has 4 heterocycles. The lowest BCUT2D eigenvalue weighted by atomic mass is 9.38. The molecular weight excluding hydrogens is 881 g/mol. The van der Waals surface area contributed by atoms with Crippen molar-refractivity contribution >= 4 is 5.78 Å². The van der Waals surface area contributed by atoms with Gasteiger partial charge in [0.25, 0.3) is 0 Å². The molecule has 4 aliphatic heterocycles. The van der Waals surface area contributed by atoms with Gasteiger partial charge in [-0.2, -0.15) is 0 Å². The summed E-state index contributed by atoms with van der Waals surface area (Å²) in [4.78, 5) is 15.2. The number of aliphatic hydroxyl groups is 11. The molecule has 0 unspecified atom stereocenters. The number of carbonyl (C=O) groups is 1. The summed E-state index contributed by atoms with van der Waals surface area (Å²) >= 11 is 0. The van der Waals surface area contributed by atoms with Gasteiger partial charge < -0.3 is 89.3 Å². The number of carbonyl (C=O) groups excluding carboxylic acids is 1. The predicted molar refractivity (Wildman–Crippen MR) is 232 cm³/mol. The van der Waals surface area contributed by atoms with Gasteiger partial charge in [0, 0.05) is 17.3 Å². The van der Waals surface area contributed by atoms with Crippen molar-refractivity contribution in [3.8, 4) is 0 Å². The van der Waals surface area contributed by atoms with Gasteiger partial charge in [0.2, 0.25) is 0 Å². The lowest BCUT2D eigenvalue weighted by Gasteiger charge is -2.65. The second-order valence-electron chi connectivity index (χ2n) is 23.1. The third-order valence-electron chi connectivity index (χ3n) is 18.9. The van der Waals surface area contributed by atoms with Gasteiger partial charge in [-0.05, 0) is 94.3 Å². The summed E-state index contributed by atoms with van der Waals surface area (Å²) in [7, 11) is 0. The molecule has 8 aliphatic rings. The minimum Gasteiger partial charge on any atom is -0.394 e. The van der Waals surface area contributed by atoms with Gasteiger partial charge >= 0.3 is 0 Å². The molecule has 8 rings (SSSR count). The zero-order valence-electron chi connectivity index (χ0n) is 40.1. The number of rotatable bonds is 11. The average molecular weight is 959 g/mol. The Morgan fingerprint density at radius 3 is 1.78 bits per heavy atom. The summed E-state index contributed by atoms with van der Waals surface area (Å²) in [5.41, 5.74) is -2.58. The Hall–Kier alpha value is -1.31. The quantitative estimate of drug-likeness (QED) is 0.114. The number of aliphatic hydroxyl groups excluding tert-OH is 11. The molecule has 11 N–H and O–H groups in total. The Balaban J connectivity index is 0.997. The van der Waals surface area contributed by atoms with E-state index in [1.165, 1.54) is 0 Å². The van der Waals surface area contributed by atoms with E-state index in [2.05, 4.69) is 33.8 Å². The highest BCUT2D eigenvalue weighted by Gasteiger charge is 2.73. The van der Waals surface area contributed by atoms with E-state index in [1.54, 1.807) is 0 Å². The molecule has 19 nitrogen and oxygen atoms in total. The van der Waals surface area contributed by atoms with Crippen LogP contribution in [0.1, 0.15) is 107 Å². The monoisotopic (exact) mass is 959 g/mol. The highest BCUT2D eigenvalue weighted by molar-refractivity contribution is 5.88. The summed E-state index contributed by atoms with van der Waals surface area (Å²) < 4.78 is 43.3. The number of allylic oxidation sites excluding steroid dienone is 1. The van der Waals surface area contributed by atoms with E-state index in [0.717, 1.165) is 18.4 Å². The van der Waals surface area contributed by atoms with Crippen molar-refractivity contribution in [3.05, 3.63) is 11.6 Å². The number of ketones is 1. The molecule has 19 heteroatoms. The third kappa shape index (κ3) is 8.14. The van der Waals surface area contributed by atoms with Crippen LogP contribution in [0.5, 0.6) is 0 Å². The third-order valence-corrected chi connectivity index (χ3v) is 18.9. The van der Waals surface area contributed by atoms with Gasteiger partial charge in [0.05, 0.1) is 43.2 Å². The SMILES string of the molecule is CC(C)(O[C@@H]1O[C@H](CO)[C@@H](O)[C@H](O)[C@H]1O)[C@@H]1CC[C@@](C)([C@H]2CC[C@@]3(C)[C@@H]4CC=C5[C@@H](CC[C@H](O[C@@H]6O[C@H](CO)[C@@H](O)[C@H](O)[C@H]6O[C@@H]6O[C@H](CO)[C@@H](O)[C@H](O)[C@H]6O)C5(C)C)[C@]4(C)C(=O)C[C@]23C)O1. The van der Waals surface area contributed by atoms with Gasteiger partial charge in [0.1, 0.15) is 79.0 Å². The average Bonchev–Trinajstić information content (AvgIpc) is 3.82. The zero-order chi connectivity index (χ0) is 49.1. The van der Waals surface area contributed by atoms with Gasteiger partial charge in [-0.3, -0.25) is 4.79 Å². The molecule has 384 valence electrons. The molecule has 67 heavy (non-hydrogen) atoms. The van der Waals surface area contributed by atoms with Crippen LogP contribution in [0, 0.1) is 39.4 Å². The predicted octanol–water partition coefficient (Wildman–Crippen LogP) is -0.687. The van der Waals surface area contributed by atoms with Gasteiger partial charge in [-0.15, -0.1) is 0 Å². The molecule has 0 radical (unpaired) electrons. The summed E-state index contributed by atoms with van der Waals surface area (Å²) in [6.07, 6.45) is -16.2. The van der Waals surface area contributed by atoms with Crippen LogP contribution < -0.4 is 0 Å². The fraction of sp³-hybridized carbons (Fsp3) is 0.938. The summed E-state index contributed by atoms with van der Waals surface area (Å²) in [6.45, 7) is 14.8. The van der Waals surface area contributed by atoms with E-state index in [0.29, 0.717) is 38.5 Å². The second-order valence-corrected chi connectivity index (χ2v) is 23.1. The molecule has 0 bridgehead atoms. The van der Waals surface area contributed by atoms with Crippen molar-refractivity contribution in [1.29, 1.82) is 0 Å². The van der Waals surface area contributed by atoms with E-state index in [1.807, 2.05) is 27.7 Å². The zero-order valence-corrected chi connectivity index (χ0v) is 40.1. The summed E-state index contributed by atoms with van der Waals surface area (Å²) in [6, 6.07) is 0. The van der Waals surface area contributed by atoms with Crippen molar-refractivity contribution in [1.82, 2.24) is 0 Å². The van der Waals surface area contributed by atoms with Crippen LogP contribution in [0.2, 0.25) is 0 Å². The number of Topliss-reactive ketones (excluding diaryl/α,β-unsaturated/α-hetero) is 1. The molecule has 4 saturated heterocycles. The van der Waals surface area contributed by atoms with Crippen LogP contribution in [-0.2, 0) is 38.0 Å². The highest BCUT2D eigenvalue weighted by atomic mass is 16.8. The van der Waals surface area contributed by atoms with Crippen LogP contribution in [0.3, 0.4) is 0 Å². The Morgan fingerprint density at radius 1 is 0.627 bits per heavy atom. The van der Waals surface area contributed by atoms with Crippen LogP contribution in [0.4, 0.5) is 0 Å². The van der Waals surface area contributed by atoms with Crippen LogP contribution in [0.25, 0.3) is 0 Å². The van der Waals surface area contributed by atoms with E-state index in [4.69, 9.17) is 33.2 Å². The Morgan fingerprint density at radius 2 is 1.18 bits per heavy atom. The number of fused-ring (bicyclic) bond motifs is 5. The fourth-order valence-electron chi connectivity index (χ4n) is 14.6. The van der Waals surface area contributed by atoms with Gasteiger partial charge in [0.15, 0.2) is 18.9 Å². The lowest BCUT2D eigenvalue weighted by Crippen LogP contribution is -2.66. The molecule has 24 atom stereocenters. The molecule has 4 aliphatic carbocycles. The summed E-state index contributed by atoms with van der Waals surface area (Å²) in [5.74, 6) is 0.155. The first kappa shape index (κ1) is 52.0. The maximum absolute atomic E-state index is 15.2. The first-order chi connectivity index (χ1) is 31.2. The molecule has 0 amide bonds. The minimum atomic E-state index is -1.80. The van der Waals surface area contributed by atoms with Gasteiger partial charge in [-0.1, -0.05) is 46.3 Å². The van der Waals surface area contributed by atoms with Crippen molar-refractivity contribution < 1.29 is 94.1 Å². The first-order valence-electron chi connectivity index (χ1n) is 24.4. The van der Waals surface area contributed by atoms with E-state index in [9.17, 15) is 56.2 Å². The maximum Gasteiger partial charge on any atom is 0.187 e.